The van der Waals surface area contributed by atoms with Crippen molar-refractivity contribution >= 4 is 122 Å². The van der Waals surface area contributed by atoms with Crippen LogP contribution in [-0.4, -0.2) is 16.1 Å². The predicted molar refractivity (Wildman–Crippen MR) is 137 cm³/mol. The summed E-state index contributed by atoms with van der Waals surface area (Å²) in [7, 11) is 0. The highest BCUT2D eigenvalue weighted by molar-refractivity contribution is 6.57. The lowest BCUT2D eigenvalue weighted by atomic mass is 9.92. The van der Waals surface area contributed by atoms with Gasteiger partial charge >= 0.3 is 5.97 Å². The van der Waals surface area contributed by atoms with E-state index < -0.39 is 12.4 Å². The average molecular weight is 634 g/mol. The number of carboxylic acids is 1. The monoisotopic (exact) mass is 629 g/mol. The summed E-state index contributed by atoms with van der Waals surface area (Å²) < 4.78 is 0. The van der Waals surface area contributed by atoms with Gasteiger partial charge in [0.1, 0.15) is 0 Å². The second kappa shape index (κ2) is 10.3. The maximum atomic E-state index is 11.8. The van der Waals surface area contributed by atoms with Gasteiger partial charge in [0.2, 0.25) is 0 Å². The molecular weight excluding hydrogens is 629 g/mol. The van der Waals surface area contributed by atoms with Crippen LogP contribution in [0.5, 0.6) is 0 Å². The molecule has 0 aliphatic carbocycles. The molecule has 3 rings (SSSR count). The summed E-state index contributed by atoms with van der Waals surface area (Å²) >= 11 is 62.6. The topological polar surface area (TPSA) is 50.2 Å². The van der Waals surface area contributed by atoms with Gasteiger partial charge in [0, 0.05) is 34.6 Å². The quantitative estimate of drug-likeness (QED) is 0.230. The molecule has 32 heavy (non-hydrogen) atoms. The normalized spacial score (nSPS) is 11.2. The third kappa shape index (κ3) is 4.59. The number of aliphatic carboxylic acids is 1. The molecule has 13 heteroatoms. The number of carboxylic acid groups (broad SMARTS) is 1. The number of benzene rings is 2. The molecular formula is C19H5Cl10NO2. The SMILES string of the molecule is O=C(O)Cc1c(-c2c(Cl)c(Cl)c(Cl)c(Cl)c2Cl)cncc1-c1c(Cl)c(Cl)c(Cl)c(Cl)c1Cl. The zero-order valence-electron chi connectivity index (χ0n) is 14.9. The molecule has 0 aliphatic rings. The molecule has 0 spiro atoms. The molecule has 3 aromatic rings. The first kappa shape index (κ1) is 26.6. The van der Waals surface area contributed by atoms with E-state index >= 15 is 0 Å². The fourth-order valence-corrected chi connectivity index (χ4v) is 5.63. The average Bonchev–Trinajstić information content (AvgIpc) is 2.75. The second-order valence-electron chi connectivity index (χ2n) is 6.17. The van der Waals surface area contributed by atoms with Gasteiger partial charge in [-0.1, -0.05) is 116 Å². The van der Waals surface area contributed by atoms with E-state index in [1.54, 1.807) is 0 Å². The fraction of sp³-hybridized carbons (Fsp3) is 0.0526. The summed E-state index contributed by atoms with van der Waals surface area (Å²) in [6, 6.07) is 0. The molecule has 0 amide bonds. The van der Waals surface area contributed by atoms with Crippen molar-refractivity contribution in [2.45, 2.75) is 6.42 Å². The number of rotatable bonds is 4. The molecule has 3 nitrogen and oxygen atoms in total. The maximum absolute atomic E-state index is 11.8. The highest BCUT2D eigenvalue weighted by Gasteiger charge is 2.28. The molecule has 0 unspecified atom stereocenters. The van der Waals surface area contributed by atoms with Gasteiger partial charge < -0.3 is 5.11 Å². The van der Waals surface area contributed by atoms with Gasteiger partial charge in [0.05, 0.1) is 56.6 Å². The van der Waals surface area contributed by atoms with Gasteiger partial charge in [-0.05, 0) is 5.56 Å². The molecule has 0 bridgehead atoms. The van der Waals surface area contributed by atoms with Gasteiger partial charge in [-0.3, -0.25) is 9.78 Å². The molecule has 0 saturated carbocycles. The lowest BCUT2D eigenvalue weighted by Crippen LogP contribution is -2.06. The molecule has 0 aliphatic heterocycles. The molecule has 0 radical (unpaired) electrons. The first-order valence-electron chi connectivity index (χ1n) is 8.12. The standard InChI is InChI=1S/C19H5Cl10NO2/c20-10-8(11(21)15(25)18(28)14(10)24)5-2-30-3-6(4(5)1-7(31)32)9-12(22)16(26)19(29)17(27)13(9)23/h2-3H,1H2,(H,31,32). The second-order valence-corrected chi connectivity index (χ2v) is 9.95. The van der Waals surface area contributed by atoms with Gasteiger partial charge in [-0.15, -0.1) is 0 Å². The molecule has 1 aromatic heterocycles. The van der Waals surface area contributed by atoms with Gasteiger partial charge in [-0.2, -0.15) is 0 Å². The number of aromatic nitrogens is 1. The number of pyridine rings is 1. The van der Waals surface area contributed by atoms with Crippen molar-refractivity contribution < 1.29 is 9.90 Å². The van der Waals surface area contributed by atoms with Crippen LogP contribution < -0.4 is 0 Å². The Morgan fingerprint density at radius 3 is 1.16 bits per heavy atom. The van der Waals surface area contributed by atoms with Crippen LogP contribution >= 0.6 is 116 Å². The van der Waals surface area contributed by atoms with Gasteiger partial charge in [0.15, 0.2) is 0 Å². The maximum Gasteiger partial charge on any atom is 0.307 e. The lowest BCUT2D eigenvalue weighted by molar-refractivity contribution is -0.136. The van der Waals surface area contributed by atoms with Crippen LogP contribution in [0, 0.1) is 0 Å². The summed E-state index contributed by atoms with van der Waals surface area (Å²) in [5.74, 6) is -1.18. The van der Waals surface area contributed by atoms with Crippen LogP contribution in [0.4, 0.5) is 0 Å². The largest absolute Gasteiger partial charge is 0.481 e. The fourth-order valence-electron chi connectivity index (χ4n) is 2.94. The van der Waals surface area contributed by atoms with Crippen molar-refractivity contribution in [2.75, 3.05) is 0 Å². The molecule has 1 N–H and O–H groups in total. The van der Waals surface area contributed by atoms with Gasteiger partial charge in [0.25, 0.3) is 0 Å². The van der Waals surface area contributed by atoms with E-state index in [-0.39, 0.29) is 78.0 Å². The van der Waals surface area contributed by atoms with E-state index in [1.807, 2.05) is 0 Å². The molecule has 0 atom stereocenters. The number of nitrogens with zero attached hydrogens (tertiary/aromatic N) is 1. The first-order chi connectivity index (χ1) is 14.9. The van der Waals surface area contributed by atoms with Crippen LogP contribution in [0.25, 0.3) is 22.3 Å². The smallest absolute Gasteiger partial charge is 0.307 e. The minimum absolute atomic E-state index is 0.0546. The van der Waals surface area contributed by atoms with Crippen molar-refractivity contribution in [2.24, 2.45) is 0 Å². The van der Waals surface area contributed by atoms with Crippen molar-refractivity contribution in [3.63, 3.8) is 0 Å². The number of hydrogen-bond acceptors (Lipinski definition) is 2. The molecule has 1 heterocycles. The van der Waals surface area contributed by atoms with Crippen LogP contribution in [0.15, 0.2) is 12.4 Å². The first-order valence-corrected chi connectivity index (χ1v) is 11.9. The minimum atomic E-state index is -1.18. The summed E-state index contributed by atoms with van der Waals surface area (Å²) in [4.78, 5) is 15.9. The molecule has 0 saturated heterocycles. The summed E-state index contributed by atoms with van der Waals surface area (Å²) in [6.07, 6.45) is 2.18. The third-order valence-electron chi connectivity index (χ3n) is 4.34. The summed E-state index contributed by atoms with van der Waals surface area (Å²) in [5.41, 5.74) is 0.835. The van der Waals surface area contributed by atoms with Crippen LogP contribution in [0.3, 0.4) is 0 Å². The van der Waals surface area contributed by atoms with Crippen molar-refractivity contribution in [3.8, 4) is 22.3 Å². The van der Waals surface area contributed by atoms with E-state index in [0.717, 1.165) is 0 Å². The Morgan fingerprint density at radius 2 is 0.875 bits per heavy atom. The van der Waals surface area contributed by atoms with Crippen LogP contribution in [-0.2, 0) is 11.2 Å². The Labute approximate surface area is 231 Å². The van der Waals surface area contributed by atoms with Crippen LogP contribution in [0.2, 0.25) is 50.2 Å². The van der Waals surface area contributed by atoms with Crippen molar-refractivity contribution in [3.05, 3.63) is 68.2 Å². The van der Waals surface area contributed by atoms with E-state index in [0.29, 0.717) is 0 Å². The molecule has 2 aromatic carbocycles. The van der Waals surface area contributed by atoms with Crippen LogP contribution in [0.1, 0.15) is 5.56 Å². The van der Waals surface area contributed by atoms with Crippen molar-refractivity contribution in [1.82, 2.24) is 4.98 Å². The molecule has 0 fully saturated rings. The Balaban J connectivity index is 2.49. The Hall–Kier alpha value is -0.0400. The Morgan fingerprint density at radius 1 is 0.594 bits per heavy atom. The summed E-state index contributed by atoms with van der Waals surface area (Å²) in [5, 5.41) is 8.98. The lowest BCUT2D eigenvalue weighted by Gasteiger charge is -2.19. The van der Waals surface area contributed by atoms with Crippen molar-refractivity contribution in [1.29, 1.82) is 0 Å². The van der Waals surface area contributed by atoms with Gasteiger partial charge in [-0.25, -0.2) is 0 Å². The minimum Gasteiger partial charge on any atom is -0.481 e. The molecule has 168 valence electrons. The van der Waals surface area contributed by atoms with E-state index in [4.69, 9.17) is 116 Å². The highest BCUT2D eigenvalue weighted by atomic mass is 35.5. The zero-order valence-corrected chi connectivity index (χ0v) is 22.5. The zero-order chi connectivity index (χ0) is 24.1. The van der Waals surface area contributed by atoms with E-state index in [1.165, 1.54) is 12.4 Å². The highest BCUT2D eigenvalue weighted by Crippen LogP contribution is 2.52. The predicted octanol–water partition coefficient (Wildman–Crippen LogP) is 10.6. The van der Waals surface area contributed by atoms with E-state index in [9.17, 15) is 9.90 Å². The number of hydrogen-bond donors (Lipinski definition) is 1. The third-order valence-corrected chi connectivity index (χ3v) is 8.90. The number of halogens is 10. The Kier molecular flexibility index (Phi) is 8.54. The summed E-state index contributed by atoms with van der Waals surface area (Å²) in [6.45, 7) is 0. The number of carbonyl (C=O) groups is 1. The Bertz CT molecular complexity index is 1150. The van der Waals surface area contributed by atoms with E-state index in [2.05, 4.69) is 4.98 Å².